The number of hydrogen-bond acceptors (Lipinski definition) is 6. The molecule has 182 valence electrons. The lowest BCUT2D eigenvalue weighted by molar-refractivity contribution is -0.155. The van der Waals surface area contributed by atoms with Crippen LogP contribution in [0.15, 0.2) is 0 Å². The molecular weight excluding hydrogens is 414 g/mol. The first-order chi connectivity index (χ1) is 14.0. The van der Waals surface area contributed by atoms with E-state index in [9.17, 15) is 9.59 Å². The summed E-state index contributed by atoms with van der Waals surface area (Å²) in [5.41, 5.74) is -0.604. The fraction of sp³-hybridized carbons (Fsp3) is 0.913. The van der Waals surface area contributed by atoms with Gasteiger partial charge in [-0.3, -0.25) is 0 Å². The van der Waals surface area contributed by atoms with E-state index in [-0.39, 0.29) is 23.1 Å². The average molecular weight is 460 g/mol. The second-order valence-corrected chi connectivity index (χ2v) is 16.2. The van der Waals surface area contributed by atoms with Crippen molar-refractivity contribution < 1.29 is 28.2 Å². The molecule has 1 heterocycles. The summed E-state index contributed by atoms with van der Waals surface area (Å²) in [5, 5.41) is 3.03. The molecule has 1 amide bonds. The van der Waals surface area contributed by atoms with Crippen molar-refractivity contribution in [2.75, 3.05) is 13.7 Å². The lowest BCUT2D eigenvalue weighted by Crippen LogP contribution is -2.57. The van der Waals surface area contributed by atoms with Gasteiger partial charge in [-0.15, -0.1) is 0 Å². The first-order valence-corrected chi connectivity index (χ1v) is 14.3. The van der Waals surface area contributed by atoms with Gasteiger partial charge in [-0.25, -0.2) is 9.59 Å². The highest BCUT2D eigenvalue weighted by Crippen LogP contribution is 2.41. The fourth-order valence-electron chi connectivity index (χ4n) is 3.53. The van der Waals surface area contributed by atoms with Crippen LogP contribution in [-0.4, -0.2) is 57.9 Å². The Morgan fingerprint density at radius 2 is 1.71 bits per heavy atom. The Hall–Kier alpha value is -1.12. The van der Waals surface area contributed by atoms with Crippen LogP contribution in [0.2, 0.25) is 18.1 Å². The number of rotatable bonds is 8. The maximum Gasteiger partial charge on any atom is 0.407 e. The van der Waals surface area contributed by atoms with E-state index in [1.54, 1.807) is 0 Å². The van der Waals surface area contributed by atoms with E-state index in [1.807, 2.05) is 20.8 Å². The molecule has 0 unspecified atom stereocenters. The Morgan fingerprint density at radius 3 is 2.16 bits per heavy atom. The maximum absolute atomic E-state index is 12.7. The molecule has 0 radical (unpaired) electrons. The SMILES string of the molecule is COC(=O)[C@@H]1OCC[C@H]1[C@H](O[Si](C)(C)C(C)(C)C)[C@H](CC(C)C)NC(=O)OC(C)(C)C. The van der Waals surface area contributed by atoms with Gasteiger partial charge < -0.3 is 24.0 Å². The van der Waals surface area contributed by atoms with E-state index in [1.165, 1.54) is 7.11 Å². The third kappa shape index (κ3) is 8.39. The lowest BCUT2D eigenvalue weighted by atomic mass is 9.86. The second-order valence-electron chi connectivity index (χ2n) is 11.5. The van der Waals surface area contributed by atoms with Crippen LogP contribution in [0.1, 0.15) is 68.2 Å². The number of carbonyl (C=O) groups excluding carboxylic acids is 2. The topological polar surface area (TPSA) is 83.1 Å². The molecule has 8 heteroatoms. The van der Waals surface area contributed by atoms with Crippen molar-refractivity contribution in [3.05, 3.63) is 0 Å². The van der Waals surface area contributed by atoms with Crippen molar-refractivity contribution in [2.24, 2.45) is 11.8 Å². The van der Waals surface area contributed by atoms with Gasteiger partial charge in [-0.1, -0.05) is 34.6 Å². The molecule has 1 fully saturated rings. The van der Waals surface area contributed by atoms with Crippen LogP contribution in [0.4, 0.5) is 4.79 Å². The normalized spacial score (nSPS) is 22.2. The van der Waals surface area contributed by atoms with Crippen LogP contribution >= 0.6 is 0 Å². The molecule has 1 rings (SSSR count). The van der Waals surface area contributed by atoms with Gasteiger partial charge in [0.25, 0.3) is 0 Å². The van der Waals surface area contributed by atoms with Gasteiger partial charge >= 0.3 is 12.1 Å². The molecule has 0 aromatic carbocycles. The average Bonchev–Trinajstić information content (AvgIpc) is 3.04. The zero-order valence-electron chi connectivity index (χ0n) is 21.5. The van der Waals surface area contributed by atoms with Gasteiger partial charge in [-0.05, 0) is 57.7 Å². The minimum Gasteiger partial charge on any atom is -0.467 e. The summed E-state index contributed by atoms with van der Waals surface area (Å²) in [6.07, 6.45) is -0.195. The van der Waals surface area contributed by atoms with Crippen LogP contribution in [0.3, 0.4) is 0 Å². The Labute approximate surface area is 190 Å². The van der Waals surface area contributed by atoms with Gasteiger partial charge in [0.2, 0.25) is 0 Å². The molecule has 0 aliphatic carbocycles. The molecule has 0 spiro atoms. The molecule has 1 aliphatic rings. The molecular formula is C23H45NO6Si. The highest BCUT2D eigenvalue weighted by Gasteiger charge is 2.48. The predicted molar refractivity (Wildman–Crippen MR) is 125 cm³/mol. The van der Waals surface area contributed by atoms with Gasteiger partial charge in [0.05, 0.1) is 19.3 Å². The van der Waals surface area contributed by atoms with Crippen LogP contribution in [0.5, 0.6) is 0 Å². The molecule has 4 atom stereocenters. The number of hydrogen-bond donors (Lipinski definition) is 1. The quantitative estimate of drug-likeness (QED) is 0.411. The van der Waals surface area contributed by atoms with E-state index >= 15 is 0 Å². The molecule has 1 saturated heterocycles. The summed E-state index contributed by atoms with van der Waals surface area (Å²) >= 11 is 0. The standard InChI is InChI=1S/C23H45NO6Si/c1-15(2)14-17(24-21(26)29-22(3,4)5)18(30-31(10,11)23(6,7)8)16-12-13-28-19(16)20(25)27-9/h15-19H,12-14H2,1-11H3,(H,24,26)/t16-,17-,18-,19+/m0/s1. The maximum atomic E-state index is 12.7. The van der Waals surface area contributed by atoms with E-state index in [0.717, 1.165) is 0 Å². The van der Waals surface area contributed by atoms with Crippen molar-refractivity contribution in [1.29, 1.82) is 0 Å². The van der Waals surface area contributed by atoms with Crippen LogP contribution in [-0.2, 0) is 23.4 Å². The molecule has 0 aromatic rings. The van der Waals surface area contributed by atoms with Crippen LogP contribution in [0, 0.1) is 11.8 Å². The number of nitrogens with one attached hydrogen (secondary N) is 1. The van der Waals surface area contributed by atoms with Crippen molar-refractivity contribution in [3.8, 4) is 0 Å². The predicted octanol–water partition coefficient (Wildman–Crippen LogP) is 4.89. The first kappa shape index (κ1) is 27.9. The van der Waals surface area contributed by atoms with Crippen molar-refractivity contribution >= 4 is 20.4 Å². The summed E-state index contributed by atoms with van der Waals surface area (Å²) in [6, 6.07) is -0.317. The molecule has 1 N–H and O–H groups in total. The number of amides is 1. The van der Waals surface area contributed by atoms with Crippen molar-refractivity contribution in [3.63, 3.8) is 0 Å². The van der Waals surface area contributed by atoms with E-state index < -0.39 is 32.1 Å². The third-order valence-electron chi connectivity index (χ3n) is 6.05. The van der Waals surface area contributed by atoms with E-state index in [2.05, 4.69) is 53.0 Å². The minimum atomic E-state index is -2.22. The van der Waals surface area contributed by atoms with Gasteiger partial charge in [0.1, 0.15) is 5.60 Å². The molecule has 31 heavy (non-hydrogen) atoms. The zero-order valence-corrected chi connectivity index (χ0v) is 22.5. The van der Waals surface area contributed by atoms with Crippen molar-refractivity contribution in [1.82, 2.24) is 5.32 Å². The molecule has 0 saturated carbocycles. The minimum absolute atomic E-state index is 0.0280. The highest BCUT2D eigenvalue weighted by molar-refractivity contribution is 6.74. The zero-order chi connectivity index (χ0) is 24.2. The number of carbonyl (C=O) groups is 2. The third-order valence-corrected chi connectivity index (χ3v) is 10.5. The smallest absolute Gasteiger partial charge is 0.407 e. The summed E-state index contributed by atoms with van der Waals surface area (Å²) < 4.78 is 23.2. The summed E-state index contributed by atoms with van der Waals surface area (Å²) in [7, 11) is -0.851. The van der Waals surface area contributed by atoms with Gasteiger partial charge in [0, 0.05) is 12.5 Å². The molecule has 0 bridgehead atoms. The number of methoxy groups -OCH3 is 1. The summed E-state index contributed by atoms with van der Waals surface area (Å²) in [6.45, 7) is 21.1. The van der Waals surface area contributed by atoms with E-state index in [0.29, 0.717) is 25.4 Å². The Morgan fingerprint density at radius 1 is 1.13 bits per heavy atom. The summed E-state index contributed by atoms with van der Waals surface area (Å²) in [4.78, 5) is 25.1. The van der Waals surface area contributed by atoms with Crippen LogP contribution < -0.4 is 5.32 Å². The van der Waals surface area contributed by atoms with Gasteiger partial charge in [0.15, 0.2) is 14.4 Å². The second kappa shape index (κ2) is 10.7. The van der Waals surface area contributed by atoms with Crippen LogP contribution in [0.25, 0.3) is 0 Å². The van der Waals surface area contributed by atoms with E-state index in [4.69, 9.17) is 18.6 Å². The molecule has 1 aliphatic heterocycles. The largest absolute Gasteiger partial charge is 0.467 e. The lowest BCUT2D eigenvalue weighted by Gasteiger charge is -2.44. The molecule has 0 aromatic heterocycles. The number of alkyl carbamates (subject to hydrolysis) is 1. The number of esters is 1. The Bertz CT molecular complexity index is 608. The van der Waals surface area contributed by atoms with Gasteiger partial charge in [-0.2, -0.15) is 0 Å². The highest BCUT2D eigenvalue weighted by atomic mass is 28.4. The Balaban J connectivity index is 3.33. The number of ether oxygens (including phenoxy) is 3. The summed E-state index contributed by atoms with van der Waals surface area (Å²) in [5.74, 6) is -0.295. The molecule has 7 nitrogen and oxygen atoms in total. The first-order valence-electron chi connectivity index (χ1n) is 11.3. The fourth-order valence-corrected chi connectivity index (χ4v) is 4.90. The Kier molecular flexibility index (Phi) is 9.60. The monoisotopic (exact) mass is 459 g/mol. The van der Waals surface area contributed by atoms with Crippen molar-refractivity contribution in [2.45, 2.75) is 110 Å².